The fraction of sp³-hybridized carbons (Fsp3) is 0.750. The van der Waals surface area contributed by atoms with E-state index >= 15 is 0 Å². The van der Waals surface area contributed by atoms with Crippen LogP contribution in [0.4, 0.5) is 18.0 Å². The van der Waals surface area contributed by atoms with Crippen LogP contribution in [-0.2, 0) is 14.3 Å². The van der Waals surface area contributed by atoms with Gasteiger partial charge in [-0.3, -0.25) is 9.59 Å². The molecule has 1 aliphatic rings. The summed E-state index contributed by atoms with van der Waals surface area (Å²) in [5.74, 6) is -2.85. The summed E-state index contributed by atoms with van der Waals surface area (Å²) in [5, 5.41) is 4.01. The van der Waals surface area contributed by atoms with Crippen LogP contribution < -0.4 is 10.6 Å². The molecule has 1 rings (SSSR count). The first-order valence-electron chi connectivity index (χ1n) is 6.80. The molecule has 0 saturated carbocycles. The van der Waals surface area contributed by atoms with Crippen molar-refractivity contribution in [3.8, 4) is 0 Å². The Morgan fingerprint density at radius 3 is 2.32 bits per heavy atom. The van der Waals surface area contributed by atoms with Gasteiger partial charge in [-0.2, -0.15) is 13.2 Å². The van der Waals surface area contributed by atoms with E-state index in [1.165, 1.54) is 10.2 Å². The molecule has 0 aromatic heterocycles. The van der Waals surface area contributed by atoms with E-state index in [0.29, 0.717) is 25.9 Å². The van der Waals surface area contributed by atoms with Crippen molar-refractivity contribution in [2.24, 2.45) is 0 Å². The summed E-state index contributed by atoms with van der Waals surface area (Å²) < 4.78 is 40.7. The highest BCUT2D eigenvalue weighted by molar-refractivity contribution is 5.87. The lowest BCUT2D eigenvalue weighted by Gasteiger charge is -2.31. The lowest BCUT2D eigenvalue weighted by atomic mass is 10.1. The molecule has 0 radical (unpaired) electrons. The first-order valence-corrected chi connectivity index (χ1v) is 6.80. The van der Waals surface area contributed by atoms with Gasteiger partial charge in [-0.15, -0.1) is 0 Å². The molecular weight excluding hydrogens is 307 g/mol. The Morgan fingerprint density at radius 1 is 1.23 bits per heavy atom. The van der Waals surface area contributed by atoms with Crippen LogP contribution in [0.3, 0.4) is 0 Å². The topological polar surface area (TPSA) is 87.7 Å². The standard InChI is InChI=1S/C12H18F3N3O4/c1-2-22-11(21)18-5-3-8(4-6-18)17-9(19)7-16-10(20)12(13,14)15/h8H,2-7H2,1H3,(H,16,20)(H,17,19). The summed E-state index contributed by atoms with van der Waals surface area (Å²) in [7, 11) is 0. The van der Waals surface area contributed by atoms with Gasteiger partial charge in [0.05, 0.1) is 13.2 Å². The van der Waals surface area contributed by atoms with E-state index in [-0.39, 0.29) is 12.6 Å². The van der Waals surface area contributed by atoms with Crippen molar-refractivity contribution in [3.63, 3.8) is 0 Å². The molecule has 0 aromatic carbocycles. The van der Waals surface area contributed by atoms with E-state index in [4.69, 9.17) is 4.74 Å². The van der Waals surface area contributed by atoms with Crippen LogP contribution >= 0.6 is 0 Å². The highest BCUT2D eigenvalue weighted by atomic mass is 19.4. The number of carbonyl (C=O) groups is 3. The molecule has 22 heavy (non-hydrogen) atoms. The number of carbonyl (C=O) groups excluding carboxylic acids is 3. The third-order valence-corrected chi connectivity index (χ3v) is 3.05. The van der Waals surface area contributed by atoms with E-state index in [9.17, 15) is 27.6 Å². The Morgan fingerprint density at radius 2 is 1.82 bits per heavy atom. The summed E-state index contributed by atoms with van der Waals surface area (Å²) in [4.78, 5) is 35.0. The molecule has 0 bridgehead atoms. The average molecular weight is 325 g/mol. The quantitative estimate of drug-likeness (QED) is 0.783. The van der Waals surface area contributed by atoms with Gasteiger partial charge in [-0.25, -0.2) is 4.79 Å². The molecular formula is C12H18F3N3O4. The van der Waals surface area contributed by atoms with Crippen molar-refractivity contribution in [3.05, 3.63) is 0 Å². The maximum absolute atomic E-state index is 11.9. The molecule has 126 valence electrons. The van der Waals surface area contributed by atoms with E-state index in [0.717, 1.165) is 0 Å². The lowest BCUT2D eigenvalue weighted by molar-refractivity contribution is -0.173. The molecule has 0 unspecified atom stereocenters. The zero-order chi connectivity index (χ0) is 16.8. The van der Waals surface area contributed by atoms with Gasteiger partial charge in [0.25, 0.3) is 0 Å². The highest BCUT2D eigenvalue weighted by Gasteiger charge is 2.38. The van der Waals surface area contributed by atoms with Crippen molar-refractivity contribution in [2.45, 2.75) is 32.0 Å². The minimum atomic E-state index is -5.01. The van der Waals surface area contributed by atoms with Crippen LogP contribution in [-0.4, -0.2) is 61.3 Å². The summed E-state index contributed by atoms with van der Waals surface area (Å²) in [5.41, 5.74) is 0. The van der Waals surface area contributed by atoms with Crippen molar-refractivity contribution >= 4 is 17.9 Å². The number of hydrogen-bond acceptors (Lipinski definition) is 4. The zero-order valence-corrected chi connectivity index (χ0v) is 12.0. The summed E-state index contributed by atoms with van der Waals surface area (Å²) in [6, 6.07) is -0.249. The number of rotatable bonds is 4. The van der Waals surface area contributed by atoms with Gasteiger partial charge < -0.3 is 20.3 Å². The lowest BCUT2D eigenvalue weighted by Crippen LogP contribution is -2.49. The molecule has 7 nitrogen and oxygen atoms in total. The molecule has 3 amide bonds. The molecule has 0 aliphatic carbocycles. The number of nitrogens with one attached hydrogen (secondary N) is 2. The first-order chi connectivity index (χ1) is 10.2. The third-order valence-electron chi connectivity index (χ3n) is 3.05. The molecule has 1 fully saturated rings. The monoisotopic (exact) mass is 325 g/mol. The number of alkyl halides is 3. The van der Waals surface area contributed by atoms with Crippen molar-refractivity contribution in [1.29, 1.82) is 0 Å². The third kappa shape index (κ3) is 5.78. The predicted octanol–water partition coefficient (Wildman–Crippen LogP) is 0.402. The minimum Gasteiger partial charge on any atom is -0.450 e. The normalized spacial score (nSPS) is 16.1. The number of likely N-dealkylation sites (tertiary alicyclic amines) is 1. The Labute approximate surface area is 125 Å². The second-order valence-electron chi connectivity index (χ2n) is 4.71. The molecule has 0 aromatic rings. The average Bonchev–Trinajstić information content (AvgIpc) is 2.44. The molecule has 1 heterocycles. The second kappa shape index (κ2) is 7.85. The molecule has 0 atom stereocenters. The summed E-state index contributed by atoms with van der Waals surface area (Å²) in [6.07, 6.45) is -4.49. The van der Waals surface area contributed by atoms with Gasteiger partial charge in [0.15, 0.2) is 0 Å². The van der Waals surface area contributed by atoms with E-state index in [1.807, 2.05) is 0 Å². The van der Waals surface area contributed by atoms with Crippen LogP contribution in [0, 0.1) is 0 Å². The van der Waals surface area contributed by atoms with Crippen LogP contribution in [0.5, 0.6) is 0 Å². The second-order valence-corrected chi connectivity index (χ2v) is 4.71. The van der Waals surface area contributed by atoms with Crippen molar-refractivity contribution in [2.75, 3.05) is 26.2 Å². The summed E-state index contributed by atoms with van der Waals surface area (Å²) >= 11 is 0. The van der Waals surface area contributed by atoms with Crippen LogP contribution in [0.1, 0.15) is 19.8 Å². The Balaban J connectivity index is 2.27. The van der Waals surface area contributed by atoms with Crippen LogP contribution in [0.15, 0.2) is 0 Å². The smallest absolute Gasteiger partial charge is 0.450 e. The minimum absolute atomic E-state index is 0.249. The SMILES string of the molecule is CCOC(=O)N1CCC(NC(=O)CNC(=O)C(F)(F)F)CC1. The fourth-order valence-electron chi connectivity index (χ4n) is 1.96. The molecule has 10 heteroatoms. The number of nitrogens with zero attached hydrogens (tertiary/aromatic N) is 1. The van der Waals surface area contributed by atoms with Crippen molar-refractivity contribution in [1.82, 2.24) is 15.5 Å². The first kappa shape index (κ1) is 18.1. The van der Waals surface area contributed by atoms with Crippen LogP contribution in [0.2, 0.25) is 0 Å². The zero-order valence-electron chi connectivity index (χ0n) is 12.0. The number of hydrogen-bond donors (Lipinski definition) is 2. The molecule has 0 spiro atoms. The van der Waals surface area contributed by atoms with Gasteiger partial charge in [-0.05, 0) is 19.8 Å². The van der Waals surface area contributed by atoms with Crippen LogP contribution in [0.25, 0.3) is 0 Å². The number of amides is 3. The Hall–Kier alpha value is -2.00. The van der Waals surface area contributed by atoms with Gasteiger partial charge in [0.2, 0.25) is 5.91 Å². The van der Waals surface area contributed by atoms with Gasteiger partial charge >= 0.3 is 18.2 Å². The van der Waals surface area contributed by atoms with E-state index < -0.39 is 30.6 Å². The molecule has 1 saturated heterocycles. The van der Waals surface area contributed by atoms with Gasteiger partial charge in [0, 0.05) is 19.1 Å². The number of piperidine rings is 1. The maximum Gasteiger partial charge on any atom is 0.471 e. The summed E-state index contributed by atoms with van der Waals surface area (Å²) in [6.45, 7) is 2.00. The highest BCUT2D eigenvalue weighted by Crippen LogP contribution is 2.14. The fourth-order valence-corrected chi connectivity index (χ4v) is 1.96. The van der Waals surface area contributed by atoms with Gasteiger partial charge in [-0.1, -0.05) is 0 Å². The number of halogens is 3. The number of ether oxygens (including phenoxy) is 1. The molecule has 2 N–H and O–H groups in total. The molecule has 1 aliphatic heterocycles. The van der Waals surface area contributed by atoms with E-state index in [1.54, 1.807) is 6.92 Å². The predicted molar refractivity (Wildman–Crippen MR) is 68.8 cm³/mol. The van der Waals surface area contributed by atoms with Gasteiger partial charge in [0.1, 0.15) is 0 Å². The Kier molecular flexibility index (Phi) is 6.44. The largest absolute Gasteiger partial charge is 0.471 e. The Bertz CT molecular complexity index is 420. The van der Waals surface area contributed by atoms with Crippen molar-refractivity contribution < 1.29 is 32.3 Å². The maximum atomic E-state index is 11.9. The van der Waals surface area contributed by atoms with E-state index in [2.05, 4.69) is 5.32 Å².